The summed E-state index contributed by atoms with van der Waals surface area (Å²) in [6.07, 6.45) is 3.76. The molecule has 1 aliphatic rings. The van der Waals surface area contributed by atoms with Crippen molar-refractivity contribution in [1.29, 1.82) is 0 Å². The maximum absolute atomic E-state index is 12.7. The molecule has 0 spiro atoms. The summed E-state index contributed by atoms with van der Waals surface area (Å²) in [5.41, 5.74) is 2.53. The highest BCUT2D eigenvalue weighted by Crippen LogP contribution is 2.41. The van der Waals surface area contributed by atoms with Crippen LogP contribution in [0.15, 0.2) is 43.0 Å². The summed E-state index contributed by atoms with van der Waals surface area (Å²) in [6.45, 7) is 9.91. The van der Waals surface area contributed by atoms with Crippen LogP contribution in [0.25, 0.3) is 0 Å². The van der Waals surface area contributed by atoms with Crippen molar-refractivity contribution < 1.29 is 13.2 Å². The van der Waals surface area contributed by atoms with Crippen molar-refractivity contribution in [2.24, 2.45) is 0 Å². The molecule has 7 nitrogen and oxygen atoms in total. The van der Waals surface area contributed by atoms with Crippen LogP contribution in [0.4, 0.5) is 5.69 Å². The van der Waals surface area contributed by atoms with Crippen LogP contribution in [0.5, 0.6) is 0 Å². The van der Waals surface area contributed by atoms with Crippen molar-refractivity contribution in [2.75, 3.05) is 11.9 Å². The Bertz CT molecular complexity index is 998. The molecule has 1 heterocycles. The fraction of sp³-hybridized carbons (Fsp3) is 0.429. The topological polar surface area (TPSA) is 93.1 Å². The van der Waals surface area contributed by atoms with Crippen molar-refractivity contribution >= 4 is 21.6 Å². The number of nitrogens with zero attached hydrogens (tertiary/aromatic N) is 2. The summed E-state index contributed by atoms with van der Waals surface area (Å²) < 4.78 is 28.3. The Morgan fingerprint density at radius 3 is 2.48 bits per heavy atom. The molecule has 8 heteroatoms. The quantitative estimate of drug-likeness (QED) is 0.645. The zero-order valence-electron chi connectivity index (χ0n) is 17.1. The van der Waals surface area contributed by atoms with Gasteiger partial charge in [0.1, 0.15) is 0 Å². The highest BCUT2D eigenvalue weighted by molar-refractivity contribution is 7.88. The van der Waals surface area contributed by atoms with Gasteiger partial charge in [0.05, 0.1) is 11.3 Å². The standard InChI is InChI=1S/C21H28N4O3S/c1-5-12-22-29(27,28)14-15-6-10-17(11-7-15)23-20(26)18-13-19(16-8-9-16)25(24-18)21(2,3)4/h5-7,10-11,13,16,22H,1,8-9,12,14H2,2-4H3,(H,23,26). The van der Waals surface area contributed by atoms with Gasteiger partial charge in [-0.15, -0.1) is 6.58 Å². The second-order valence-electron chi connectivity index (χ2n) is 8.36. The predicted octanol–water partition coefficient (Wildman–Crippen LogP) is 3.37. The van der Waals surface area contributed by atoms with Crippen LogP contribution in [0.3, 0.4) is 0 Å². The molecule has 2 N–H and O–H groups in total. The Morgan fingerprint density at radius 2 is 1.93 bits per heavy atom. The molecule has 0 aliphatic heterocycles. The number of amides is 1. The van der Waals surface area contributed by atoms with Crippen LogP contribution < -0.4 is 10.0 Å². The van der Waals surface area contributed by atoms with E-state index < -0.39 is 10.0 Å². The van der Waals surface area contributed by atoms with Gasteiger partial charge in [-0.1, -0.05) is 18.2 Å². The van der Waals surface area contributed by atoms with Crippen molar-refractivity contribution in [3.63, 3.8) is 0 Å². The lowest BCUT2D eigenvalue weighted by Gasteiger charge is -2.22. The molecule has 1 fully saturated rings. The van der Waals surface area contributed by atoms with E-state index in [4.69, 9.17) is 0 Å². The Labute approximate surface area is 172 Å². The number of benzene rings is 1. The van der Waals surface area contributed by atoms with Gasteiger partial charge in [0, 0.05) is 23.8 Å². The van der Waals surface area contributed by atoms with E-state index in [0.717, 1.165) is 18.5 Å². The number of hydrogen-bond acceptors (Lipinski definition) is 4. The second kappa shape index (κ2) is 8.12. The molecule has 0 unspecified atom stereocenters. The van der Waals surface area contributed by atoms with Gasteiger partial charge < -0.3 is 5.32 Å². The molecule has 156 valence electrons. The van der Waals surface area contributed by atoms with E-state index in [1.165, 1.54) is 6.08 Å². The van der Waals surface area contributed by atoms with Crippen molar-refractivity contribution in [3.8, 4) is 0 Å². The summed E-state index contributed by atoms with van der Waals surface area (Å²) in [4.78, 5) is 12.7. The molecular formula is C21H28N4O3S. The van der Waals surface area contributed by atoms with Crippen LogP contribution in [0.1, 0.15) is 61.3 Å². The van der Waals surface area contributed by atoms with Crippen molar-refractivity contribution in [2.45, 2.75) is 50.8 Å². The summed E-state index contributed by atoms with van der Waals surface area (Å²) in [5, 5.41) is 7.38. The van der Waals surface area contributed by atoms with E-state index in [-0.39, 0.29) is 23.7 Å². The third-order valence-electron chi connectivity index (χ3n) is 4.62. The maximum Gasteiger partial charge on any atom is 0.276 e. The van der Waals surface area contributed by atoms with Crippen LogP contribution in [-0.4, -0.2) is 30.7 Å². The van der Waals surface area contributed by atoms with Crippen molar-refractivity contribution in [3.05, 3.63) is 59.9 Å². The highest BCUT2D eigenvalue weighted by atomic mass is 32.2. The smallest absolute Gasteiger partial charge is 0.276 e. The van der Waals surface area contributed by atoms with Gasteiger partial charge in [0.2, 0.25) is 10.0 Å². The lowest BCUT2D eigenvalue weighted by atomic mass is 10.1. The third-order valence-corrected chi connectivity index (χ3v) is 5.94. The highest BCUT2D eigenvalue weighted by Gasteiger charge is 2.32. The van der Waals surface area contributed by atoms with Gasteiger partial charge >= 0.3 is 0 Å². The van der Waals surface area contributed by atoms with E-state index in [1.54, 1.807) is 24.3 Å². The molecule has 29 heavy (non-hydrogen) atoms. The average molecular weight is 417 g/mol. The number of aromatic nitrogens is 2. The zero-order chi connectivity index (χ0) is 21.2. The number of carbonyl (C=O) groups is 1. The van der Waals surface area contributed by atoms with Crippen molar-refractivity contribution in [1.82, 2.24) is 14.5 Å². The molecule has 1 amide bonds. The number of sulfonamides is 1. The summed E-state index contributed by atoms with van der Waals surface area (Å²) >= 11 is 0. The van der Waals surface area contributed by atoms with Gasteiger partial charge in [0.15, 0.2) is 5.69 Å². The molecule has 0 atom stereocenters. The Morgan fingerprint density at radius 1 is 1.28 bits per heavy atom. The SMILES string of the molecule is C=CCNS(=O)(=O)Cc1ccc(NC(=O)c2cc(C3CC3)n(C(C)(C)C)n2)cc1. The van der Waals surface area contributed by atoms with E-state index in [1.807, 2.05) is 10.7 Å². The first-order valence-electron chi connectivity index (χ1n) is 9.68. The number of rotatable bonds is 8. The van der Waals surface area contributed by atoms with Gasteiger partial charge in [-0.25, -0.2) is 13.1 Å². The van der Waals surface area contributed by atoms with Crippen LogP contribution in [0.2, 0.25) is 0 Å². The van der Waals surface area contributed by atoms with Gasteiger partial charge in [0.25, 0.3) is 5.91 Å². The Balaban J connectivity index is 1.69. The number of carbonyl (C=O) groups excluding carboxylic acids is 1. The Kier molecular flexibility index (Phi) is 5.95. The van der Waals surface area contributed by atoms with E-state index >= 15 is 0 Å². The maximum atomic E-state index is 12.7. The predicted molar refractivity (Wildman–Crippen MR) is 114 cm³/mol. The molecule has 1 aliphatic carbocycles. The van der Waals surface area contributed by atoms with Crippen LogP contribution in [0, 0.1) is 0 Å². The summed E-state index contributed by atoms with van der Waals surface area (Å²) in [7, 11) is -3.42. The first-order chi connectivity index (χ1) is 13.6. The number of anilines is 1. The molecule has 0 saturated heterocycles. The van der Waals surface area contributed by atoms with Gasteiger partial charge in [-0.3, -0.25) is 9.48 Å². The molecule has 3 rings (SSSR count). The molecule has 1 aromatic carbocycles. The molecule has 1 aromatic heterocycles. The van der Waals surface area contributed by atoms with Gasteiger partial charge in [-0.2, -0.15) is 5.10 Å². The minimum absolute atomic E-state index is 0.129. The molecule has 2 aromatic rings. The first-order valence-corrected chi connectivity index (χ1v) is 11.3. The fourth-order valence-corrected chi connectivity index (χ4v) is 4.15. The summed E-state index contributed by atoms with van der Waals surface area (Å²) in [5.74, 6) is 0.0811. The number of hydrogen-bond donors (Lipinski definition) is 2. The molecule has 1 saturated carbocycles. The monoisotopic (exact) mass is 416 g/mol. The van der Waals surface area contributed by atoms with E-state index in [9.17, 15) is 13.2 Å². The summed E-state index contributed by atoms with van der Waals surface area (Å²) in [6, 6.07) is 8.64. The van der Waals surface area contributed by atoms with Crippen LogP contribution >= 0.6 is 0 Å². The lowest BCUT2D eigenvalue weighted by molar-refractivity contribution is 0.102. The lowest BCUT2D eigenvalue weighted by Crippen LogP contribution is -2.26. The average Bonchev–Trinajstić information content (AvgIpc) is 3.38. The first kappa shape index (κ1) is 21.3. The van der Waals surface area contributed by atoms with Gasteiger partial charge in [-0.05, 0) is 57.4 Å². The zero-order valence-corrected chi connectivity index (χ0v) is 17.9. The number of nitrogens with one attached hydrogen (secondary N) is 2. The largest absolute Gasteiger partial charge is 0.321 e. The molecule has 0 radical (unpaired) electrons. The molecular weight excluding hydrogens is 388 g/mol. The second-order valence-corrected chi connectivity index (χ2v) is 10.2. The van der Waals surface area contributed by atoms with E-state index in [2.05, 4.69) is 42.5 Å². The van der Waals surface area contributed by atoms with Crippen LogP contribution in [-0.2, 0) is 21.3 Å². The van der Waals surface area contributed by atoms with E-state index in [0.29, 0.717) is 22.9 Å². The fourth-order valence-electron chi connectivity index (χ4n) is 3.05. The normalized spacial score (nSPS) is 14.6. The minimum Gasteiger partial charge on any atom is -0.321 e. The Hall–Kier alpha value is -2.45. The minimum atomic E-state index is -3.42. The third kappa shape index (κ3) is 5.55. The molecule has 0 bridgehead atoms.